The monoisotopic (exact) mass is 501 g/mol. The summed E-state index contributed by atoms with van der Waals surface area (Å²) in [7, 11) is 0. The van der Waals surface area contributed by atoms with E-state index in [1.54, 1.807) is 0 Å². The van der Waals surface area contributed by atoms with E-state index in [4.69, 9.17) is 4.74 Å². The lowest BCUT2D eigenvalue weighted by Gasteiger charge is -2.29. The number of hydrogen-bond acceptors (Lipinski definition) is 6. The largest absolute Gasteiger partial charge is 0.486 e. The predicted octanol–water partition coefficient (Wildman–Crippen LogP) is 0.481. The topological polar surface area (TPSA) is 128 Å². The van der Waals surface area contributed by atoms with Crippen LogP contribution in [-0.2, 0) is 14.4 Å². The van der Waals surface area contributed by atoms with Crippen molar-refractivity contribution >= 4 is 23.4 Å². The number of hydrogen-bond donors (Lipinski definition) is 4. The van der Waals surface area contributed by atoms with Crippen LogP contribution >= 0.6 is 0 Å². The molecule has 15 heteroatoms. The zero-order valence-electron chi connectivity index (χ0n) is 17.8. The molecule has 0 saturated carbocycles. The van der Waals surface area contributed by atoms with E-state index in [2.05, 4.69) is 0 Å². The highest BCUT2D eigenvalue weighted by molar-refractivity contribution is 6.10. The average Bonchev–Trinajstić information content (AvgIpc) is 2.81. The van der Waals surface area contributed by atoms with E-state index in [1.807, 2.05) is 5.32 Å². The zero-order valence-corrected chi connectivity index (χ0v) is 17.8. The van der Waals surface area contributed by atoms with Crippen molar-refractivity contribution in [2.45, 2.75) is 43.7 Å². The molecule has 1 heterocycles. The van der Waals surface area contributed by atoms with Gasteiger partial charge in [0.1, 0.15) is 23.7 Å². The quantitative estimate of drug-likeness (QED) is 0.318. The van der Waals surface area contributed by atoms with Gasteiger partial charge in [-0.3, -0.25) is 14.4 Å². The maximum absolute atomic E-state index is 13.7. The Balaban J connectivity index is 2.23. The number of aliphatic hydroxyl groups is 2. The minimum Gasteiger partial charge on any atom is -0.486 e. The number of rotatable bonds is 7. The predicted molar refractivity (Wildman–Crippen MR) is 102 cm³/mol. The van der Waals surface area contributed by atoms with Gasteiger partial charge in [0.05, 0.1) is 18.8 Å². The van der Waals surface area contributed by atoms with E-state index in [0.717, 1.165) is 22.3 Å². The number of aliphatic hydroxyl groups excluding tert-OH is 1. The first-order valence-corrected chi connectivity index (χ1v) is 9.67. The second-order valence-corrected chi connectivity index (χ2v) is 7.56. The van der Waals surface area contributed by atoms with Gasteiger partial charge in [0.2, 0.25) is 5.60 Å². The lowest BCUT2D eigenvalue weighted by atomic mass is 10.0. The molecule has 1 aliphatic rings. The van der Waals surface area contributed by atoms with Crippen LogP contribution < -0.4 is 20.3 Å². The van der Waals surface area contributed by atoms with Gasteiger partial charge in [-0.1, -0.05) is 0 Å². The molecule has 0 spiro atoms. The summed E-state index contributed by atoms with van der Waals surface area (Å²) in [5.41, 5.74) is -3.25. The lowest BCUT2D eigenvalue weighted by molar-refractivity contribution is -0.278. The number of β-amino-alcohol motifs (C(OH)–C–C–N with tert-alkyl or cyclic N) is 1. The van der Waals surface area contributed by atoms with Crippen molar-refractivity contribution in [3.63, 3.8) is 0 Å². The molecule has 3 unspecified atom stereocenters. The summed E-state index contributed by atoms with van der Waals surface area (Å²) in [5, 5.41) is 22.6. The molecule has 3 amide bonds. The molecule has 1 aromatic carbocycles. The van der Waals surface area contributed by atoms with Crippen molar-refractivity contribution in [2.75, 3.05) is 24.6 Å². The Hall–Kier alpha value is -3.07. The number of anilines is 1. The van der Waals surface area contributed by atoms with Crippen LogP contribution in [0.1, 0.15) is 13.8 Å². The first kappa shape index (κ1) is 27.2. The Kier molecular flexibility index (Phi) is 7.72. The fourth-order valence-electron chi connectivity index (χ4n) is 2.92. The van der Waals surface area contributed by atoms with Crippen molar-refractivity contribution in [1.29, 1.82) is 0 Å². The Morgan fingerprint density at radius 3 is 2.35 bits per heavy atom. The Morgan fingerprint density at radius 2 is 1.79 bits per heavy atom. The van der Waals surface area contributed by atoms with Gasteiger partial charge in [-0.2, -0.15) is 22.0 Å². The molecule has 2 rings (SSSR count). The molecule has 1 aliphatic heterocycles. The molecule has 34 heavy (non-hydrogen) atoms. The minimum atomic E-state index is -5.99. The molecule has 0 bridgehead atoms. The summed E-state index contributed by atoms with van der Waals surface area (Å²) in [6.07, 6.45) is -7.17. The molecule has 9 nitrogen and oxygen atoms in total. The average molecular weight is 501 g/mol. The molecule has 3 atom stereocenters. The maximum Gasteiger partial charge on any atom is 0.455 e. The van der Waals surface area contributed by atoms with Crippen LogP contribution in [0.15, 0.2) is 18.2 Å². The number of benzene rings is 1. The molecule has 0 aliphatic carbocycles. The number of carbonyl (C=O) groups is 3. The fourth-order valence-corrected chi connectivity index (χ4v) is 2.92. The first-order valence-electron chi connectivity index (χ1n) is 9.67. The third-order valence-corrected chi connectivity index (χ3v) is 4.91. The molecule has 0 saturated heterocycles. The summed E-state index contributed by atoms with van der Waals surface area (Å²) in [6, 6.07) is 1.51. The highest BCUT2D eigenvalue weighted by Crippen LogP contribution is 2.35. The maximum atomic E-state index is 13.7. The summed E-state index contributed by atoms with van der Waals surface area (Å²) in [4.78, 5) is 38.4. The third-order valence-electron chi connectivity index (χ3n) is 4.91. The number of ether oxygens (including phenoxy) is 1. The van der Waals surface area contributed by atoms with Crippen molar-refractivity contribution in [3.8, 4) is 5.75 Å². The molecule has 0 radical (unpaired) electrons. The number of nitrogens with zero attached hydrogens (tertiary/aromatic N) is 1. The van der Waals surface area contributed by atoms with Gasteiger partial charge >= 0.3 is 12.1 Å². The van der Waals surface area contributed by atoms with Crippen LogP contribution in [0.5, 0.6) is 5.75 Å². The summed E-state index contributed by atoms with van der Waals surface area (Å²) in [5.74, 6) is -10.5. The van der Waals surface area contributed by atoms with Crippen molar-refractivity contribution < 1.29 is 55.7 Å². The van der Waals surface area contributed by atoms with Crippen molar-refractivity contribution in [2.24, 2.45) is 0 Å². The summed E-state index contributed by atoms with van der Waals surface area (Å²) >= 11 is 0. The summed E-state index contributed by atoms with van der Waals surface area (Å²) in [6.45, 7) is -1.36. The smallest absolute Gasteiger partial charge is 0.455 e. The molecular formula is C19H21F6N3O6. The second kappa shape index (κ2) is 9.66. The molecule has 190 valence electrons. The Morgan fingerprint density at radius 1 is 1.18 bits per heavy atom. The van der Waals surface area contributed by atoms with Crippen LogP contribution in [0.25, 0.3) is 0 Å². The zero-order chi connectivity index (χ0) is 26.1. The Labute approximate surface area is 188 Å². The molecule has 0 aromatic heterocycles. The number of nitrogens with one attached hydrogen (secondary N) is 2. The van der Waals surface area contributed by atoms with Crippen LogP contribution in [0, 0.1) is 5.82 Å². The van der Waals surface area contributed by atoms with Gasteiger partial charge in [0.25, 0.3) is 17.7 Å². The van der Waals surface area contributed by atoms with Crippen molar-refractivity contribution in [3.05, 3.63) is 24.0 Å². The van der Waals surface area contributed by atoms with Crippen LogP contribution in [0.3, 0.4) is 0 Å². The second-order valence-electron chi connectivity index (χ2n) is 7.56. The van der Waals surface area contributed by atoms with E-state index in [-0.39, 0.29) is 18.0 Å². The van der Waals surface area contributed by atoms with Crippen LogP contribution in [0.4, 0.5) is 32.0 Å². The van der Waals surface area contributed by atoms with Gasteiger partial charge in [0.15, 0.2) is 0 Å². The third kappa shape index (κ3) is 5.52. The van der Waals surface area contributed by atoms with E-state index >= 15 is 0 Å². The van der Waals surface area contributed by atoms with E-state index in [0.29, 0.717) is 6.92 Å². The molecule has 4 N–H and O–H groups in total. The van der Waals surface area contributed by atoms with E-state index in [9.17, 15) is 50.9 Å². The Bertz CT molecular complexity index is 955. The highest BCUT2D eigenvalue weighted by atomic mass is 19.4. The lowest BCUT2D eigenvalue weighted by Crippen LogP contribution is -2.63. The SMILES string of the molecule is CC1Oc2ccc(F)cc2N(CCO)C(=O)C1NC(=O)C(C)(O)C(=O)NCC(F)(F)C(F)(F)F. The van der Waals surface area contributed by atoms with E-state index < -0.39 is 66.5 Å². The first-order chi connectivity index (χ1) is 15.5. The van der Waals surface area contributed by atoms with Crippen LogP contribution in [-0.4, -0.2) is 77.5 Å². The number of amides is 3. The number of halogens is 6. The molecule has 1 aromatic rings. The number of alkyl halides is 5. The van der Waals surface area contributed by atoms with Gasteiger partial charge in [-0.25, -0.2) is 4.39 Å². The van der Waals surface area contributed by atoms with Gasteiger partial charge in [-0.05, 0) is 26.0 Å². The fraction of sp³-hybridized carbons (Fsp3) is 0.526. The van der Waals surface area contributed by atoms with Crippen molar-refractivity contribution in [1.82, 2.24) is 10.6 Å². The standard InChI is InChI=1S/C19H21F6N3O6/c1-9-13(14(30)28(5-6-29)11-7-10(20)3-4-12(11)34-9)27-16(32)17(2,33)15(31)26-8-18(21,22)19(23,24)25/h3-4,7,9,13,29,33H,5-6,8H2,1-2H3,(H,26,31)(H,27,32). The highest BCUT2D eigenvalue weighted by Gasteiger charge is 2.58. The van der Waals surface area contributed by atoms with E-state index in [1.165, 1.54) is 13.0 Å². The number of fused-ring (bicyclic) bond motifs is 1. The van der Waals surface area contributed by atoms with Gasteiger partial charge in [-0.15, -0.1) is 0 Å². The minimum absolute atomic E-state index is 0.00587. The summed E-state index contributed by atoms with van der Waals surface area (Å²) < 4.78 is 82.1. The molecule has 0 fully saturated rings. The number of carbonyl (C=O) groups excluding carboxylic acids is 3. The van der Waals surface area contributed by atoms with Gasteiger partial charge < -0.3 is 30.5 Å². The van der Waals surface area contributed by atoms with Crippen LogP contribution in [0.2, 0.25) is 0 Å². The molecular weight excluding hydrogens is 480 g/mol. The van der Waals surface area contributed by atoms with Gasteiger partial charge in [0, 0.05) is 12.6 Å². The normalized spacial score (nSPS) is 20.5.